The minimum absolute atomic E-state index is 0.112. The van der Waals surface area contributed by atoms with Gasteiger partial charge in [-0.25, -0.2) is 8.42 Å². The van der Waals surface area contributed by atoms with Crippen molar-refractivity contribution >= 4 is 34.6 Å². The standard InChI is InChI=1S/C14H13NO4S2/c1-10-6-11(4-5-15-10)14-3-2-13(20-14)7-12(19-9-16)8-21(17)18/h2-7,9,21H,8H2,1H3/b12-7-. The van der Waals surface area contributed by atoms with E-state index in [1.165, 1.54) is 11.3 Å². The van der Waals surface area contributed by atoms with Crippen LogP contribution in [-0.2, 0) is 20.2 Å². The van der Waals surface area contributed by atoms with E-state index in [0.29, 0.717) is 0 Å². The molecule has 7 heteroatoms. The number of hydrogen-bond donors (Lipinski definition) is 1. The molecule has 0 bridgehead atoms. The van der Waals surface area contributed by atoms with Crippen molar-refractivity contribution in [2.75, 3.05) is 5.75 Å². The van der Waals surface area contributed by atoms with Crippen molar-refractivity contribution < 1.29 is 17.9 Å². The molecule has 0 spiro atoms. The molecule has 0 unspecified atom stereocenters. The van der Waals surface area contributed by atoms with Crippen molar-refractivity contribution in [3.8, 4) is 10.4 Å². The molecule has 5 nitrogen and oxygen atoms in total. The number of nitrogens with zero attached hydrogens (tertiary/aromatic N) is 1. The molecule has 2 aromatic heterocycles. The number of ether oxygens (including phenoxy) is 1. The Hall–Kier alpha value is -1.99. The highest BCUT2D eigenvalue weighted by Gasteiger charge is 2.05. The Balaban J connectivity index is 2.27. The molecule has 2 aromatic rings. The fraction of sp³-hybridized carbons (Fsp3) is 0.143. The molecule has 2 rings (SSSR count). The molecular weight excluding hydrogens is 310 g/mol. The first kappa shape index (κ1) is 15.4. The molecule has 0 aromatic carbocycles. The fourth-order valence-corrected chi connectivity index (χ4v) is 3.13. The summed E-state index contributed by atoms with van der Waals surface area (Å²) in [4.78, 5) is 16.4. The maximum Gasteiger partial charge on any atom is 0.298 e. The van der Waals surface area contributed by atoms with Gasteiger partial charge in [-0.3, -0.25) is 9.78 Å². The Bertz CT molecular complexity index is 739. The number of rotatable bonds is 6. The van der Waals surface area contributed by atoms with E-state index in [2.05, 4.69) is 9.72 Å². The van der Waals surface area contributed by atoms with E-state index in [1.54, 1.807) is 12.3 Å². The van der Waals surface area contributed by atoms with Gasteiger partial charge in [-0.05, 0) is 42.8 Å². The monoisotopic (exact) mass is 323 g/mol. The highest BCUT2D eigenvalue weighted by Crippen LogP contribution is 2.29. The van der Waals surface area contributed by atoms with E-state index in [1.807, 2.05) is 31.2 Å². The summed E-state index contributed by atoms with van der Waals surface area (Å²) >= 11 is 1.48. The van der Waals surface area contributed by atoms with Crippen LogP contribution >= 0.6 is 11.3 Å². The van der Waals surface area contributed by atoms with Crippen molar-refractivity contribution in [3.63, 3.8) is 0 Å². The first-order chi connectivity index (χ1) is 10.1. The Labute approximate surface area is 127 Å². The Morgan fingerprint density at radius 3 is 2.86 bits per heavy atom. The minimum atomic E-state index is -2.64. The number of aromatic nitrogens is 1. The normalized spacial score (nSPS) is 11.6. The molecule has 0 radical (unpaired) electrons. The first-order valence-electron chi connectivity index (χ1n) is 6.04. The zero-order chi connectivity index (χ0) is 15.2. The Morgan fingerprint density at radius 2 is 2.19 bits per heavy atom. The van der Waals surface area contributed by atoms with Crippen molar-refractivity contribution in [2.45, 2.75) is 6.92 Å². The van der Waals surface area contributed by atoms with Crippen LogP contribution in [0, 0.1) is 6.92 Å². The van der Waals surface area contributed by atoms with Crippen LogP contribution in [0.15, 0.2) is 36.2 Å². The summed E-state index contributed by atoms with van der Waals surface area (Å²) in [5.74, 6) is -0.184. The molecule has 0 saturated heterocycles. The van der Waals surface area contributed by atoms with Gasteiger partial charge in [-0.2, -0.15) is 0 Å². The van der Waals surface area contributed by atoms with Crippen LogP contribution in [-0.4, -0.2) is 25.6 Å². The van der Waals surface area contributed by atoms with Crippen LogP contribution < -0.4 is 0 Å². The lowest BCUT2D eigenvalue weighted by Crippen LogP contribution is -1.97. The largest absolute Gasteiger partial charge is 0.432 e. The fourth-order valence-electron chi connectivity index (χ4n) is 1.75. The summed E-state index contributed by atoms with van der Waals surface area (Å²) in [7, 11) is -2.64. The summed E-state index contributed by atoms with van der Waals surface area (Å²) in [5.41, 5.74) is 1.96. The van der Waals surface area contributed by atoms with Crippen molar-refractivity contribution in [1.82, 2.24) is 4.98 Å². The summed E-state index contributed by atoms with van der Waals surface area (Å²) in [6, 6.07) is 7.66. The van der Waals surface area contributed by atoms with Crippen LogP contribution in [0.25, 0.3) is 16.5 Å². The van der Waals surface area contributed by atoms with E-state index in [-0.39, 0.29) is 18.0 Å². The quantitative estimate of drug-likeness (QED) is 0.501. The number of hydrogen-bond acceptors (Lipinski definition) is 6. The van der Waals surface area contributed by atoms with Crippen molar-refractivity contribution in [1.29, 1.82) is 0 Å². The predicted octanol–water partition coefficient (Wildman–Crippen LogP) is 2.24. The van der Waals surface area contributed by atoms with E-state index >= 15 is 0 Å². The summed E-state index contributed by atoms with van der Waals surface area (Å²) < 4.78 is 26.2. The summed E-state index contributed by atoms with van der Waals surface area (Å²) in [6.07, 6.45) is 3.30. The van der Waals surface area contributed by atoms with Gasteiger partial charge in [0.1, 0.15) is 22.2 Å². The molecule has 0 aliphatic carbocycles. The minimum Gasteiger partial charge on any atom is -0.432 e. The molecule has 0 saturated carbocycles. The van der Waals surface area contributed by atoms with Crippen LogP contribution in [0.4, 0.5) is 0 Å². The SMILES string of the molecule is Cc1cc(-c2ccc(/C=C(/C[SH](=O)=O)OC=O)s2)ccn1. The number of thiophene rings is 1. The molecule has 21 heavy (non-hydrogen) atoms. The molecule has 2 heterocycles. The van der Waals surface area contributed by atoms with Crippen LogP contribution in [0.3, 0.4) is 0 Å². The molecule has 110 valence electrons. The Kier molecular flexibility index (Phi) is 5.24. The second-order valence-corrected chi connectivity index (χ2v) is 6.30. The van der Waals surface area contributed by atoms with Gasteiger partial charge in [-0.1, -0.05) is 0 Å². The molecule has 0 aliphatic heterocycles. The van der Waals surface area contributed by atoms with E-state index in [0.717, 1.165) is 21.0 Å². The van der Waals surface area contributed by atoms with Gasteiger partial charge in [0.25, 0.3) is 6.47 Å². The average molecular weight is 323 g/mol. The van der Waals surface area contributed by atoms with Gasteiger partial charge in [0.2, 0.25) is 0 Å². The molecule has 0 N–H and O–H groups in total. The first-order valence-corrected chi connectivity index (χ1v) is 8.22. The molecule has 0 atom stereocenters. The third-order valence-electron chi connectivity index (χ3n) is 2.60. The topological polar surface area (TPSA) is 73.3 Å². The average Bonchev–Trinajstić information content (AvgIpc) is 2.87. The number of carbonyl (C=O) groups is 1. The second-order valence-electron chi connectivity index (χ2n) is 4.20. The molecule has 0 amide bonds. The molecule has 0 aliphatic rings. The third-order valence-corrected chi connectivity index (χ3v) is 4.25. The number of pyridine rings is 1. The van der Waals surface area contributed by atoms with Gasteiger partial charge in [0, 0.05) is 21.6 Å². The maximum absolute atomic E-state index is 10.7. The van der Waals surface area contributed by atoms with Gasteiger partial charge in [0.15, 0.2) is 0 Å². The second kappa shape index (κ2) is 7.14. The van der Waals surface area contributed by atoms with E-state index < -0.39 is 10.7 Å². The number of aryl methyl sites for hydroxylation is 1. The van der Waals surface area contributed by atoms with Crippen LogP contribution in [0.1, 0.15) is 10.6 Å². The zero-order valence-corrected chi connectivity index (χ0v) is 12.9. The third kappa shape index (κ3) is 4.51. The van der Waals surface area contributed by atoms with Gasteiger partial charge in [-0.15, -0.1) is 11.3 Å². The molecule has 0 fully saturated rings. The summed E-state index contributed by atoms with van der Waals surface area (Å²) in [5, 5.41) is 0. The van der Waals surface area contributed by atoms with E-state index in [9.17, 15) is 13.2 Å². The smallest absolute Gasteiger partial charge is 0.298 e. The summed E-state index contributed by atoms with van der Waals surface area (Å²) in [6.45, 7) is 2.14. The highest BCUT2D eigenvalue weighted by molar-refractivity contribution is 7.72. The number of carbonyl (C=O) groups excluding carboxylic acids is 1. The zero-order valence-electron chi connectivity index (χ0n) is 11.2. The highest BCUT2D eigenvalue weighted by atomic mass is 32.2. The van der Waals surface area contributed by atoms with Crippen LogP contribution in [0.2, 0.25) is 0 Å². The lowest BCUT2D eigenvalue weighted by atomic mass is 10.2. The Morgan fingerprint density at radius 1 is 1.38 bits per heavy atom. The lowest BCUT2D eigenvalue weighted by molar-refractivity contribution is -0.124. The molecular formula is C14H13NO4S2. The van der Waals surface area contributed by atoms with Crippen molar-refractivity contribution in [3.05, 3.63) is 46.8 Å². The van der Waals surface area contributed by atoms with Gasteiger partial charge in [0.05, 0.1) is 0 Å². The predicted molar refractivity (Wildman–Crippen MR) is 82.6 cm³/mol. The van der Waals surface area contributed by atoms with Crippen molar-refractivity contribution in [2.24, 2.45) is 0 Å². The maximum atomic E-state index is 10.7. The number of thiol groups is 1. The lowest BCUT2D eigenvalue weighted by Gasteiger charge is -1.99. The van der Waals surface area contributed by atoms with Gasteiger partial charge >= 0.3 is 0 Å². The van der Waals surface area contributed by atoms with Crippen LogP contribution in [0.5, 0.6) is 0 Å². The van der Waals surface area contributed by atoms with E-state index in [4.69, 9.17) is 0 Å². The van der Waals surface area contributed by atoms with Gasteiger partial charge < -0.3 is 4.74 Å².